The van der Waals surface area contributed by atoms with Crippen LogP contribution in [0.4, 0.5) is 5.69 Å². The fourth-order valence-corrected chi connectivity index (χ4v) is 3.93. The molecule has 156 valence electrons. The van der Waals surface area contributed by atoms with Gasteiger partial charge >= 0.3 is 0 Å². The molecule has 2 aromatic rings. The van der Waals surface area contributed by atoms with Crippen molar-refractivity contribution in [2.45, 2.75) is 24.3 Å². The third-order valence-electron chi connectivity index (χ3n) is 4.38. The molecule has 0 aromatic heterocycles. The van der Waals surface area contributed by atoms with Crippen molar-refractivity contribution in [2.24, 2.45) is 0 Å². The zero-order valence-electron chi connectivity index (χ0n) is 16.6. The number of hydrogen-bond acceptors (Lipinski definition) is 6. The maximum atomic E-state index is 12.6. The number of hydrogen-bond donors (Lipinski definition) is 1. The number of halogens is 1. The monoisotopic (exact) mass is 437 g/mol. The van der Waals surface area contributed by atoms with E-state index in [1.54, 1.807) is 32.4 Å². The molecule has 0 radical (unpaired) electrons. The van der Waals surface area contributed by atoms with Gasteiger partial charge in [0.15, 0.2) is 23.0 Å². The largest absolute Gasteiger partial charge is 0.493 e. The van der Waals surface area contributed by atoms with Crippen molar-refractivity contribution in [3.05, 3.63) is 40.9 Å². The Hall–Kier alpha value is -2.25. The second kappa shape index (κ2) is 9.98. The van der Waals surface area contributed by atoms with Crippen molar-refractivity contribution in [3.63, 3.8) is 0 Å². The molecule has 1 aliphatic heterocycles. The Bertz CT molecular complexity index is 876. The first kappa shape index (κ1) is 21.5. The SMILES string of the molecule is COc1ccc(NC(=O)[C@@H](C)SCc2cc(Cl)c3c(c2)OCCCO3)cc1OC. The molecule has 1 amide bonds. The van der Waals surface area contributed by atoms with Gasteiger partial charge in [-0.15, -0.1) is 11.8 Å². The van der Waals surface area contributed by atoms with Gasteiger partial charge in [-0.2, -0.15) is 0 Å². The van der Waals surface area contributed by atoms with Crippen LogP contribution in [0, 0.1) is 0 Å². The molecule has 2 aromatic carbocycles. The molecule has 0 saturated heterocycles. The summed E-state index contributed by atoms with van der Waals surface area (Å²) in [5, 5.41) is 3.17. The van der Waals surface area contributed by atoms with E-state index in [1.807, 2.05) is 19.1 Å². The standard InChI is InChI=1S/C21H24ClNO5S/c1-13(21(24)23-15-5-6-17(25-2)18(11-15)26-3)29-12-14-9-16(22)20-19(10-14)27-7-4-8-28-20/h5-6,9-11,13H,4,7-8,12H2,1-3H3,(H,23,24)/t13-/m1/s1. The minimum Gasteiger partial charge on any atom is -0.493 e. The van der Waals surface area contributed by atoms with Gasteiger partial charge in [0.25, 0.3) is 0 Å². The number of thioether (sulfide) groups is 1. The lowest BCUT2D eigenvalue weighted by Crippen LogP contribution is -2.22. The van der Waals surface area contributed by atoms with Gasteiger partial charge in [0.2, 0.25) is 5.91 Å². The minimum atomic E-state index is -0.266. The Balaban J connectivity index is 1.60. The van der Waals surface area contributed by atoms with Crippen molar-refractivity contribution in [3.8, 4) is 23.0 Å². The van der Waals surface area contributed by atoms with E-state index >= 15 is 0 Å². The fourth-order valence-electron chi connectivity index (χ4n) is 2.82. The van der Waals surface area contributed by atoms with E-state index in [2.05, 4.69) is 5.32 Å². The number of carbonyl (C=O) groups excluding carboxylic acids is 1. The zero-order chi connectivity index (χ0) is 20.8. The van der Waals surface area contributed by atoms with Crippen LogP contribution in [0.1, 0.15) is 18.9 Å². The Kier molecular flexibility index (Phi) is 7.39. The van der Waals surface area contributed by atoms with Gasteiger partial charge in [0.1, 0.15) is 0 Å². The number of rotatable bonds is 7. The highest BCUT2D eigenvalue weighted by Gasteiger charge is 2.18. The van der Waals surface area contributed by atoms with Crippen molar-refractivity contribution in [1.82, 2.24) is 0 Å². The average molecular weight is 438 g/mol. The molecule has 6 nitrogen and oxygen atoms in total. The van der Waals surface area contributed by atoms with Crippen LogP contribution in [-0.4, -0.2) is 38.6 Å². The summed E-state index contributed by atoms with van der Waals surface area (Å²) in [5.74, 6) is 2.95. The second-order valence-electron chi connectivity index (χ2n) is 6.47. The Morgan fingerprint density at radius 1 is 1.17 bits per heavy atom. The fraction of sp³-hybridized carbons (Fsp3) is 0.381. The van der Waals surface area contributed by atoms with Crippen molar-refractivity contribution >= 4 is 35.0 Å². The zero-order valence-corrected chi connectivity index (χ0v) is 18.2. The third kappa shape index (κ3) is 5.42. The van der Waals surface area contributed by atoms with Gasteiger partial charge < -0.3 is 24.3 Å². The highest BCUT2D eigenvalue weighted by molar-refractivity contribution is 7.99. The molecule has 1 heterocycles. The summed E-state index contributed by atoms with van der Waals surface area (Å²) >= 11 is 7.86. The summed E-state index contributed by atoms with van der Waals surface area (Å²) in [5.41, 5.74) is 1.63. The van der Waals surface area contributed by atoms with Crippen molar-refractivity contribution in [2.75, 3.05) is 32.8 Å². The molecule has 8 heteroatoms. The summed E-state index contributed by atoms with van der Waals surface area (Å²) in [4.78, 5) is 12.6. The van der Waals surface area contributed by atoms with Crippen molar-refractivity contribution < 1.29 is 23.7 Å². The lowest BCUT2D eigenvalue weighted by atomic mass is 10.2. The average Bonchev–Trinajstić information content (AvgIpc) is 2.97. The van der Waals surface area contributed by atoms with Gasteiger partial charge in [0.05, 0.1) is 37.7 Å². The van der Waals surface area contributed by atoms with E-state index in [4.69, 9.17) is 30.5 Å². The smallest absolute Gasteiger partial charge is 0.237 e. The van der Waals surface area contributed by atoms with Crippen LogP contribution >= 0.6 is 23.4 Å². The molecule has 3 rings (SSSR count). The third-order valence-corrected chi connectivity index (χ3v) is 5.88. The first-order valence-electron chi connectivity index (χ1n) is 9.24. The van der Waals surface area contributed by atoms with E-state index in [9.17, 15) is 4.79 Å². The Labute approximate surface area is 179 Å². The van der Waals surface area contributed by atoms with Crippen LogP contribution in [0.3, 0.4) is 0 Å². The lowest BCUT2D eigenvalue weighted by molar-refractivity contribution is -0.115. The number of ether oxygens (including phenoxy) is 4. The molecule has 1 N–H and O–H groups in total. The summed E-state index contributed by atoms with van der Waals surface area (Å²) < 4.78 is 21.9. The van der Waals surface area contributed by atoms with Crippen LogP contribution in [0.5, 0.6) is 23.0 Å². The summed E-state index contributed by atoms with van der Waals surface area (Å²) in [6, 6.07) is 9.06. The van der Waals surface area contributed by atoms with Crippen LogP contribution in [0.25, 0.3) is 0 Å². The number of amides is 1. The quantitative estimate of drug-likeness (QED) is 0.672. The van der Waals surface area contributed by atoms with Gasteiger partial charge in [-0.3, -0.25) is 4.79 Å². The molecule has 0 unspecified atom stereocenters. The van der Waals surface area contributed by atoms with E-state index < -0.39 is 0 Å². The molecule has 0 bridgehead atoms. The van der Waals surface area contributed by atoms with E-state index in [1.165, 1.54) is 11.8 Å². The first-order valence-corrected chi connectivity index (χ1v) is 10.7. The van der Waals surface area contributed by atoms with Gasteiger partial charge in [-0.05, 0) is 36.8 Å². The van der Waals surface area contributed by atoms with E-state index in [-0.39, 0.29) is 11.2 Å². The molecular formula is C21H24ClNO5S. The maximum absolute atomic E-state index is 12.6. The number of benzene rings is 2. The van der Waals surface area contributed by atoms with Gasteiger partial charge in [0, 0.05) is 23.9 Å². The van der Waals surface area contributed by atoms with Crippen LogP contribution in [0.2, 0.25) is 5.02 Å². The molecule has 0 fully saturated rings. The van der Waals surface area contributed by atoms with Crippen LogP contribution in [0.15, 0.2) is 30.3 Å². The van der Waals surface area contributed by atoms with Gasteiger partial charge in [-0.1, -0.05) is 11.6 Å². The van der Waals surface area contributed by atoms with E-state index in [0.29, 0.717) is 52.7 Å². The lowest BCUT2D eigenvalue weighted by Gasteiger charge is -2.15. The molecular weight excluding hydrogens is 414 g/mol. The molecule has 1 atom stereocenters. The summed E-state index contributed by atoms with van der Waals surface area (Å²) in [6.45, 7) is 3.06. The van der Waals surface area contributed by atoms with E-state index in [0.717, 1.165) is 12.0 Å². The van der Waals surface area contributed by atoms with Gasteiger partial charge in [-0.25, -0.2) is 0 Å². The highest BCUT2D eigenvalue weighted by atomic mass is 35.5. The number of nitrogens with one attached hydrogen (secondary N) is 1. The maximum Gasteiger partial charge on any atom is 0.237 e. The molecule has 29 heavy (non-hydrogen) atoms. The molecule has 0 spiro atoms. The summed E-state index contributed by atoms with van der Waals surface area (Å²) in [6.07, 6.45) is 0.822. The number of fused-ring (bicyclic) bond motifs is 1. The number of methoxy groups -OCH3 is 2. The minimum absolute atomic E-state index is 0.0948. The second-order valence-corrected chi connectivity index (χ2v) is 8.20. The van der Waals surface area contributed by atoms with Crippen molar-refractivity contribution in [1.29, 1.82) is 0 Å². The topological polar surface area (TPSA) is 66.0 Å². The molecule has 1 aliphatic rings. The predicted octanol–water partition coefficient (Wildman–Crippen LogP) is 4.78. The first-order chi connectivity index (χ1) is 14.0. The Morgan fingerprint density at radius 2 is 1.93 bits per heavy atom. The normalized spacial score (nSPS) is 13.9. The van der Waals surface area contributed by atoms with Crippen LogP contribution in [-0.2, 0) is 10.5 Å². The molecule has 0 aliphatic carbocycles. The number of anilines is 1. The summed E-state index contributed by atoms with van der Waals surface area (Å²) in [7, 11) is 3.13. The predicted molar refractivity (Wildman–Crippen MR) is 116 cm³/mol. The highest BCUT2D eigenvalue weighted by Crippen LogP contribution is 2.39. The Morgan fingerprint density at radius 3 is 2.69 bits per heavy atom. The number of carbonyl (C=O) groups is 1. The van der Waals surface area contributed by atoms with Crippen LogP contribution < -0.4 is 24.3 Å². The molecule has 0 saturated carbocycles.